The van der Waals surface area contributed by atoms with E-state index in [1.165, 1.54) is 0 Å². The Morgan fingerprint density at radius 1 is 1.42 bits per heavy atom. The van der Waals surface area contributed by atoms with Crippen LogP contribution in [0.2, 0.25) is 0 Å². The predicted octanol–water partition coefficient (Wildman–Crippen LogP) is 2.26. The van der Waals surface area contributed by atoms with Crippen molar-refractivity contribution in [3.63, 3.8) is 0 Å². The molecule has 2 heterocycles. The average Bonchev–Trinajstić information content (AvgIpc) is 2.87. The van der Waals surface area contributed by atoms with Crippen molar-refractivity contribution in [2.45, 2.75) is 45.8 Å². The number of aromatic nitrogens is 1. The number of aliphatic hydroxyl groups excluding tert-OH is 2. The zero-order valence-electron chi connectivity index (χ0n) is 11.7. The van der Waals surface area contributed by atoms with Crippen molar-refractivity contribution in [2.24, 2.45) is 11.8 Å². The van der Waals surface area contributed by atoms with Crippen LogP contribution in [-0.4, -0.2) is 34.4 Å². The van der Waals surface area contributed by atoms with Crippen molar-refractivity contribution < 1.29 is 10.2 Å². The molecule has 1 aromatic heterocycles. The summed E-state index contributed by atoms with van der Waals surface area (Å²) in [6, 6.07) is 0. The van der Waals surface area contributed by atoms with Gasteiger partial charge in [-0.15, -0.1) is 11.3 Å². The lowest BCUT2D eigenvalue weighted by molar-refractivity contribution is 0.0735. The van der Waals surface area contributed by atoms with Crippen LogP contribution in [0.15, 0.2) is 5.38 Å². The average molecular weight is 284 g/mol. The van der Waals surface area contributed by atoms with Crippen LogP contribution >= 0.6 is 11.3 Å². The van der Waals surface area contributed by atoms with E-state index < -0.39 is 0 Å². The first-order chi connectivity index (χ1) is 9.10. The summed E-state index contributed by atoms with van der Waals surface area (Å²) >= 11 is 1.59. The van der Waals surface area contributed by atoms with E-state index in [9.17, 15) is 5.11 Å². The van der Waals surface area contributed by atoms with Gasteiger partial charge in [0.05, 0.1) is 18.4 Å². The summed E-state index contributed by atoms with van der Waals surface area (Å²) < 4.78 is 0. The topological polar surface area (TPSA) is 56.6 Å². The van der Waals surface area contributed by atoms with Gasteiger partial charge in [0.25, 0.3) is 0 Å². The summed E-state index contributed by atoms with van der Waals surface area (Å²) in [6.07, 6.45) is 2.80. The Bertz CT molecular complexity index is 387. The van der Waals surface area contributed by atoms with E-state index >= 15 is 0 Å². The van der Waals surface area contributed by atoms with Gasteiger partial charge in [-0.1, -0.05) is 13.8 Å². The summed E-state index contributed by atoms with van der Waals surface area (Å²) in [4.78, 5) is 6.67. The maximum absolute atomic E-state index is 10.2. The van der Waals surface area contributed by atoms with Gasteiger partial charge in [0.1, 0.15) is 0 Å². The first-order valence-corrected chi connectivity index (χ1v) is 7.96. The molecule has 2 N–H and O–H groups in total. The Kier molecular flexibility index (Phi) is 5.19. The van der Waals surface area contributed by atoms with Gasteiger partial charge >= 0.3 is 0 Å². The fraction of sp³-hybridized carbons (Fsp3) is 0.786. The number of hydrogen-bond donors (Lipinski definition) is 2. The first kappa shape index (κ1) is 14.8. The van der Waals surface area contributed by atoms with Crippen LogP contribution in [-0.2, 0) is 6.61 Å². The van der Waals surface area contributed by atoms with Crippen LogP contribution in [0.5, 0.6) is 0 Å². The number of piperidine rings is 1. The van der Waals surface area contributed by atoms with Crippen LogP contribution < -0.4 is 4.90 Å². The normalized spacial score (nSPS) is 19.1. The number of nitrogens with zero attached hydrogens (tertiary/aromatic N) is 2. The van der Waals surface area contributed by atoms with Gasteiger partial charge in [0, 0.05) is 18.5 Å². The standard InChI is InChI=1S/C14H24N2O2S/c1-10(2)7-13(18)11-3-5-16(6-4-11)14-15-12(8-17)9-19-14/h9-11,13,17-18H,3-8H2,1-2H3/t13-/m0/s1. The van der Waals surface area contributed by atoms with E-state index in [0.717, 1.165) is 43.2 Å². The minimum atomic E-state index is -0.161. The van der Waals surface area contributed by atoms with Crippen molar-refractivity contribution in [1.29, 1.82) is 0 Å². The second-order valence-corrected chi connectivity index (χ2v) is 6.64. The molecule has 19 heavy (non-hydrogen) atoms. The zero-order chi connectivity index (χ0) is 13.8. The van der Waals surface area contributed by atoms with Crippen LogP contribution in [0.4, 0.5) is 5.13 Å². The molecule has 0 amide bonds. The smallest absolute Gasteiger partial charge is 0.185 e. The lowest BCUT2D eigenvalue weighted by Gasteiger charge is -2.34. The van der Waals surface area contributed by atoms with Gasteiger partial charge in [0.2, 0.25) is 0 Å². The SMILES string of the molecule is CC(C)C[C@H](O)C1CCN(c2nc(CO)cs2)CC1. The summed E-state index contributed by atoms with van der Waals surface area (Å²) in [6.45, 7) is 6.24. The molecule has 1 fully saturated rings. The highest BCUT2D eigenvalue weighted by Crippen LogP contribution is 2.29. The summed E-state index contributed by atoms with van der Waals surface area (Å²) in [5, 5.41) is 22.1. The molecular formula is C14H24N2O2S. The highest BCUT2D eigenvalue weighted by atomic mass is 32.1. The third-order valence-corrected chi connectivity index (χ3v) is 4.72. The van der Waals surface area contributed by atoms with Gasteiger partial charge < -0.3 is 15.1 Å². The lowest BCUT2D eigenvalue weighted by Crippen LogP contribution is -2.38. The Labute approximate surface area is 119 Å². The van der Waals surface area contributed by atoms with Crippen molar-refractivity contribution in [1.82, 2.24) is 4.98 Å². The second kappa shape index (κ2) is 6.68. The van der Waals surface area contributed by atoms with Gasteiger partial charge in [-0.2, -0.15) is 0 Å². The maximum Gasteiger partial charge on any atom is 0.185 e. The van der Waals surface area contributed by atoms with Crippen molar-refractivity contribution in [3.8, 4) is 0 Å². The number of aliphatic hydroxyl groups is 2. The molecule has 5 heteroatoms. The van der Waals surface area contributed by atoms with E-state index in [-0.39, 0.29) is 12.7 Å². The van der Waals surface area contributed by atoms with Crippen LogP contribution in [0.25, 0.3) is 0 Å². The Hall–Kier alpha value is -0.650. The van der Waals surface area contributed by atoms with E-state index in [1.807, 2.05) is 5.38 Å². The monoisotopic (exact) mass is 284 g/mol. The molecule has 0 aliphatic carbocycles. The molecule has 1 aliphatic heterocycles. The number of anilines is 1. The molecule has 1 aliphatic rings. The molecule has 0 radical (unpaired) electrons. The van der Waals surface area contributed by atoms with Crippen molar-refractivity contribution in [3.05, 3.63) is 11.1 Å². The van der Waals surface area contributed by atoms with Crippen LogP contribution in [0.1, 0.15) is 38.8 Å². The van der Waals surface area contributed by atoms with Crippen molar-refractivity contribution >= 4 is 16.5 Å². The second-order valence-electron chi connectivity index (χ2n) is 5.80. The maximum atomic E-state index is 10.2. The number of hydrogen-bond acceptors (Lipinski definition) is 5. The Morgan fingerprint density at radius 2 is 2.11 bits per heavy atom. The fourth-order valence-corrected chi connectivity index (χ4v) is 3.54. The van der Waals surface area contributed by atoms with Gasteiger partial charge in [-0.25, -0.2) is 4.98 Å². The Balaban J connectivity index is 1.85. The molecule has 4 nitrogen and oxygen atoms in total. The largest absolute Gasteiger partial charge is 0.393 e. The quantitative estimate of drug-likeness (QED) is 0.871. The molecule has 0 aromatic carbocycles. The van der Waals surface area contributed by atoms with E-state index in [2.05, 4.69) is 23.7 Å². The van der Waals surface area contributed by atoms with Gasteiger partial charge in [-0.3, -0.25) is 0 Å². The summed E-state index contributed by atoms with van der Waals surface area (Å²) in [7, 11) is 0. The van der Waals surface area contributed by atoms with Crippen LogP contribution in [0.3, 0.4) is 0 Å². The van der Waals surface area contributed by atoms with E-state index in [4.69, 9.17) is 5.11 Å². The minimum absolute atomic E-state index is 0.0140. The minimum Gasteiger partial charge on any atom is -0.393 e. The molecule has 1 saturated heterocycles. The van der Waals surface area contributed by atoms with Crippen LogP contribution in [0, 0.1) is 11.8 Å². The summed E-state index contributed by atoms with van der Waals surface area (Å²) in [5.41, 5.74) is 0.752. The Morgan fingerprint density at radius 3 is 2.63 bits per heavy atom. The van der Waals surface area contributed by atoms with E-state index in [0.29, 0.717) is 11.8 Å². The molecule has 2 rings (SSSR count). The molecule has 108 valence electrons. The van der Waals surface area contributed by atoms with Crippen molar-refractivity contribution in [2.75, 3.05) is 18.0 Å². The lowest BCUT2D eigenvalue weighted by atomic mass is 9.87. The first-order valence-electron chi connectivity index (χ1n) is 7.08. The molecule has 0 unspecified atom stereocenters. The molecule has 0 spiro atoms. The molecule has 1 atom stereocenters. The fourth-order valence-electron chi connectivity index (χ4n) is 2.67. The summed E-state index contributed by atoms with van der Waals surface area (Å²) in [5.74, 6) is 0.982. The highest BCUT2D eigenvalue weighted by molar-refractivity contribution is 7.13. The molecule has 1 aromatic rings. The third kappa shape index (κ3) is 3.91. The predicted molar refractivity (Wildman–Crippen MR) is 78.4 cm³/mol. The molecular weight excluding hydrogens is 260 g/mol. The highest BCUT2D eigenvalue weighted by Gasteiger charge is 2.26. The van der Waals surface area contributed by atoms with Gasteiger partial charge in [0.15, 0.2) is 5.13 Å². The molecule has 0 bridgehead atoms. The van der Waals surface area contributed by atoms with Gasteiger partial charge in [-0.05, 0) is 31.1 Å². The number of rotatable bonds is 5. The third-order valence-electron chi connectivity index (χ3n) is 3.77. The van der Waals surface area contributed by atoms with E-state index in [1.54, 1.807) is 11.3 Å². The zero-order valence-corrected chi connectivity index (χ0v) is 12.6. The molecule has 0 saturated carbocycles. The number of thiazole rings is 1.